The van der Waals surface area contributed by atoms with E-state index in [0.717, 1.165) is 11.4 Å². The summed E-state index contributed by atoms with van der Waals surface area (Å²) in [5, 5.41) is 6.24. The molecule has 2 N–H and O–H groups in total. The number of rotatable bonds is 3. The SMILES string of the molecule is CN/C(C)=C\C(=O)Nc1ccc(Cl)cc1. The number of amides is 1. The summed E-state index contributed by atoms with van der Waals surface area (Å²) >= 11 is 5.72. The van der Waals surface area contributed by atoms with Crippen molar-refractivity contribution in [1.29, 1.82) is 0 Å². The number of halogens is 1. The van der Waals surface area contributed by atoms with Crippen LogP contribution in [-0.4, -0.2) is 13.0 Å². The molecule has 0 aliphatic rings. The van der Waals surface area contributed by atoms with E-state index in [4.69, 9.17) is 11.6 Å². The minimum Gasteiger partial charge on any atom is -0.391 e. The van der Waals surface area contributed by atoms with Gasteiger partial charge in [-0.1, -0.05) is 11.6 Å². The number of carbonyl (C=O) groups is 1. The summed E-state index contributed by atoms with van der Waals surface area (Å²) in [4.78, 5) is 11.4. The van der Waals surface area contributed by atoms with E-state index < -0.39 is 0 Å². The predicted molar refractivity (Wildman–Crippen MR) is 62.9 cm³/mol. The standard InChI is InChI=1S/C11H13ClN2O/c1-8(13-2)7-11(15)14-10-5-3-9(12)4-6-10/h3-7,13H,1-2H3,(H,14,15)/b8-7-. The van der Waals surface area contributed by atoms with Gasteiger partial charge in [0.25, 0.3) is 0 Å². The minimum absolute atomic E-state index is 0.163. The third-order valence-corrected chi connectivity index (χ3v) is 2.11. The smallest absolute Gasteiger partial charge is 0.250 e. The number of hydrogen-bond donors (Lipinski definition) is 2. The highest BCUT2D eigenvalue weighted by Gasteiger charge is 1.98. The number of carbonyl (C=O) groups excluding carboxylic acids is 1. The van der Waals surface area contributed by atoms with E-state index in [1.807, 2.05) is 6.92 Å². The van der Waals surface area contributed by atoms with Crippen molar-refractivity contribution in [2.45, 2.75) is 6.92 Å². The van der Waals surface area contributed by atoms with Crippen LogP contribution >= 0.6 is 11.6 Å². The molecule has 0 radical (unpaired) electrons. The molecule has 1 rings (SSSR count). The van der Waals surface area contributed by atoms with Crippen molar-refractivity contribution in [3.05, 3.63) is 41.1 Å². The Morgan fingerprint density at radius 3 is 2.47 bits per heavy atom. The molecular weight excluding hydrogens is 212 g/mol. The molecule has 80 valence electrons. The summed E-state index contributed by atoms with van der Waals surface area (Å²) in [5.41, 5.74) is 1.53. The average molecular weight is 225 g/mol. The minimum atomic E-state index is -0.163. The number of hydrogen-bond acceptors (Lipinski definition) is 2. The molecule has 0 bridgehead atoms. The first-order valence-electron chi connectivity index (χ1n) is 4.54. The summed E-state index contributed by atoms with van der Waals surface area (Å²) in [7, 11) is 1.77. The van der Waals surface area contributed by atoms with Gasteiger partial charge in [0, 0.05) is 29.5 Å². The molecule has 1 aromatic carbocycles. The fourth-order valence-corrected chi connectivity index (χ4v) is 1.11. The van der Waals surface area contributed by atoms with Gasteiger partial charge in [-0.2, -0.15) is 0 Å². The highest BCUT2D eigenvalue weighted by molar-refractivity contribution is 6.30. The molecule has 0 heterocycles. The van der Waals surface area contributed by atoms with E-state index in [2.05, 4.69) is 10.6 Å². The van der Waals surface area contributed by atoms with E-state index in [0.29, 0.717) is 5.02 Å². The zero-order chi connectivity index (χ0) is 11.3. The maximum Gasteiger partial charge on any atom is 0.250 e. The van der Waals surface area contributed by atoms with Crippen molar-refractivity contribution >= 4 is 23.2 Å². The third kappa shape index (κ3) is 4.04. The first kappa shape index (κ1) is 11.6. The fraction of sp³-hybridized carbons (Fsp3) is 0.182. The Hall–Kier alpha value is -1.48. The zero-order valence-corrected chi connectivity index (χ0v) is 9.43. The Kier molecular flexibility index (Phi) is 4.18. The van der Waals surface area contributed by atoms with Crippen LogP contribution in [0.4, 0.5) is 5.69 Å². The summed E-state index contributed by atoms with van der Waals surface area (Å²) in [6, 6.07) is 6.96. The molecule has 1 amide bonds. The maximum atomic E-state index is 11.4. The molecule has 0 spiro atoms. The molecule has 1 aromatic rings. The van der Waals surface area contributed by atoms with Gasteiger partial charge in [0.05, 0.1) is 0 Å². The first-order chi connectivity index (χ1) is 7.11. The van der Waals surface area contributed by atoms with Crippen LogP contribution in [0.2, 0.25) is 5.02 Å². The lowest BCUT2D eigenvalue weighted by Crippen LogP contribution is -2.12. The Balaban J connectivity index is 2.63. The van der Waals surface area contributed by atoms with E-state index in [-0.39, 0.29) is 5.91 Å². The van der Waals surface area contributed by atoms with Crippen molar-refractivity contribution in [2.75, 3.05) is 12.4 Å². The highest BCUT2D eigenvalue weighted by Crippen LogP contribution is 2.13. The largest absolute Gasteiger partial charge is 0.391 e. The molecule has 0 aliphatic carbocycles. The van der Waals surface area contributed by atoms with Gasteiger partial charge in [0.2, 0.25) is 5.91 Å². The van der Waals surface area contributed by atoms with Crippen LogP contribution in [0.1, 0.15) is 6.92 Å². The van der Waals surface area contributed by atoms with Gasteiger partial charge in [-0.15, -0.1) is 0 Å². The molecule has 0 atom stereocenters. The normalized spacial score (nSPS) is 11.0. The van der Waals surface area contributed by atoms with Crippen molar-refractivity contribution in [2.24, 2.45) is 0 Å². The Labute approximate surface area is 94.1 Å². The molecule has 0 fully saturated rings. The predicted octanol–water partition coefficient (Wildman–Crippen LogP) is 2.40. The average Bonchev–Trinajstić information content (AvgIpc) is 2.21. The molecule has 15 heavy (non-hydrogen) atoms. The molecule has 0 aromatic heterocycles. The van der Waals surface area contributed by atoms with Crippen molar-refractivity contribution in [3.8, 4) is 0 Å². The van der Waals surface area contributed by atoms with Crippen LogP contribution in [0.25, 0.3) is 0 Å². The number of allylic oxidation sites excluding steroid dienone is 1. The van der Waals surface area contributed by atoms with E-state index in [9.17, 15) is 4.79 Å². The summed E-state index contributed by atoms with van der Waals surface area (Å²) < 4.78 is 0. The molecule has 3 nitrogen and oxygen atoms in total. The van der Waals surface area contributed by atoms with Gasteiger partial charge in [0.15, 0.2) is 0 Å². The van der Waals surface area contributed by atoms with Crippen molar-refractivity contribution in [1.82, 2.24) is 5.32 Å². The summed E-state index contributed by atoms with van der Waals surface area (Å²) in [6.45, 7) is 1.82. The van der Waals surface area contributed by atoms with Gasteiger partial charge in [0.1, 0.15) is 0 Å². The second-order valence-corrected chi connectivity index (χ2v) is 3.51. The molecule has 0 saturated heterocycles. The van der Waals surface area contributed by atoms with Crippen LogP contribution in [0.15, 0.2) is 36.0 Å². The van der Waals surface area contributed by atoms with Crippen molar-refractivity contribution in [3.63, 3.8) is 0 Å². The number of nitrogens with one attached hydrogen (secondary N) is 2. The topological polar surface area (TPSA) is 41.1 Å². The third-order valence-electron chi connectivity index (χ3n) is 1.85. The quantitative estimate of drug-likeness (QED) is 0.775. The van der Waals surface area contributed by atoms with E-state index in [1.54, 1.807) is 31.3 Å². The highest BCUT2D eigenvalue weighted by atomic mass is 35.5. The second kappa shape index (κ2) is 5.41. The first-order valence-corrected chi connectivity index (χ1v) is 4.92. The van der Waals surface area contributed by atoms with Crippen molar-refractivity contribution < 1.29 is 4.79 Å². The molecule has 0 saturated carbocycles. The lowest BCUT2D eigenvalue weighted by Gasteiger charge is -2.03. The van der Waals surface area contributed by atoms with Gasteiger partial charge < -0.3 is 10.6 Å². The molecule has 0 aliphatic heterocycles. The Morgan fingerprint density at radius 2 is 1.93 bits per heavy atom. The van der Waals surface area contributed by atoms with Gasteiger partial charge in [-0.25, -0.2) is 0 Å². The van der Waals surface area contributed by atoms with Crippen LogP contribution in [0, 0.1) is 0 Å². The van der Waals surface area contributed by atoms with Gasteiger partial charge in [-0.05, 0) is 31.2 Å². The van der Waals surface area contributed by atoms with Crippen LogP contribution in [0.5, 0.6) is 0 Å². The van der Waals surface area contributed by atoms with Gasteiger partial charge in [-0.3, -0.25) is 4.79 Å². The molecule has 4 heteroatoms. The zero-order valence-electron chi connectivity index (χ0n) is 8.67. The Morgan fingerprint density at radius 1 is 1.33 bits per heavy atom. The van der Waals surface area contributed by atoms with E-state index in [1.165, 1.54) is 6.08 Å². The number of benzene rings is 1. The fourth-order valence-electron chi connectivity index (χ4n) is 0.980. The maximum absolute atomic E-state index is 11.4. The van der Waals surface area contributed by atoms with Crippen LogP contribution < -0.4 is 10.6 Å². The van der Waals surface area contributed by atoms with Crippen LogP contribution in [-0.2, 0) is 4.79 Å². The summed E-state index contributed by atoms with van der Waals surface area (Å²) in [5.74, 6) is -0.163. The summed E-state index contributed by atoms with van der Waals surface area (Å²) in [6.07, 6.45) is 1.49. The van der Waals surface area contributed by atoms with Gasteiger partial charge >= 0.3 is 0 Å². The lowest BCUT2D eigenvalue weighted by atomic mass is 10.3. The monoisotopic (exact) mass is 224 g/mol. The Bertz CT molecular complexity index is 371. The molecule has 0 unspecified atom stereocenters. The lowest BCUT2D eigenvalue weighted by molar-refractivity contribution is -0.112. The molecular formula is C11H13ClN2O. The second-order valence-electron chi connectivity index (χ2n) is 3.07. The number of anilines is 1. The van der Waals surface area contributed by atoms with E-state index >= 15 is 0 Å². The van der Waals surface area contributed by atoms with Crippen LogP contribution in [0.3, 0.4) is 0 Å².